The number of allylic oxidation sites excluding steroid dienone is 1. The molecule has 0 aromatic rings. The molecule has 0 aliphatic carbocycles. The Labute approximate surface area is 83.5 Å². The van der Waals surface area contributed by atoms with E-state index in [9.17, 15) is 8.78 Å². The zero-order valence-electron chi connectivity index (χ0n) is 8.46. The smallest absolute Gasteiger partial charge is 0.320 e. The number of alkyl halides is 2. The lowest BCUT2D eigenvalue weighted by Crippen LogP contribution is -2.37. The molecule has 0 radical (unpaired) electrons. The predicted molar refractivity (Wildman–Crippen MR) is 51.4 cm³/mol. The summed E-state index contributed by atoms with van der Waals surface area (Å²) in [6, 6.07) is 0. The summed E-state index contributed by atoms with van der Waals surface area (Å²) in [6.07, 6.45) is 5.25. The number of rotatable bonds is 4. The van der Waals surface area contributed by atoms with Crippen molar-refractivity contribution in [1.29, 1.82) is 0 Å². The number of ether oxygens (including phenoxy) is 1. The number of nitrogens with zero attached hydrogens (tertiary/aromatic N) is 1. The van der Waals surface area contributed by atoms with Gasteiger partial charge in [-0.15, -0.1) is 0 Å². The normalized spacial score (nSPS) is 21.1. The number of hydrogen-bond acceptors (Lipinski definition) is 2. The van der Waals surface area contributed by atoms with Crippen LogP contribution in [0.2, 0.25) is 0 Å². The van der Waals surface area contributed by atoms with E-state index in [1.807, 2.05) is 13.0 Å². The fourth-order valence-corrected chi connectivity index (χ4v) is 1.63. The van der Waals surface area contributed by atoms with Crippen LogP contribution >= 0.6 is 0 Å². The molecule has 1 heterocycles. The first-order valence-electron chi connectivity index (χ1n) is 4.99. The Bertz CT molecular complexity index is 177. The van der Waals surface area contributed by atoms with E-state index < -0.39 is 6.61 Å². The molecular weight excluding hydrogens is 188 g/mol. The Morgan fingerprint density at radius 2 is 2.07 bits per heavy atom. The van der Waals surface area contributed by atoms with Gasteiger partial charge in [0, 0.05) is 19.6 Å². The van der Waals surface area contributed by atoms with Crippen molar-refractivity contribution in [3.05, 3.63) is 12.2 Å². The minimum Gasteiger partial charge on any atom is -0.320 e. The molecule has 82 valence electrons. The number of halogens is 2. The highest BCUT2D eigenvalue weighted by molar-refractivity contribution is 4.83. The molecule has 0 N–H and O–H groups in total. The lowest BCUT2D eigenvalue weighted by Gasteiger charge is -2.30. The molecule has 0 unspecified atom stereocenters. The fraction of sp³-hybridized carbons (Fsp3) is 0.800. The van der Waals surface area contributed by atoms with Crippen LogP contribution in [0, 0.1) is 0 Å². The van der Waals surface area contributed by atoms with Crippen molar-refractivity contribution in [3.63, 3.8) is 0 Å². The molecule has 4 heteroatoms. The van der Waals surface area contributed by atoms with Gasteiger partial charge in [-0.1, -0.05) is 12.2 Å². The van der Waals surface area contributed by atoms with Crippen LogP contribution in [0.1, 0.15) is 19.8 Å². The molecule has 1 saturated heterocycles. The van der Waals surface area contributed by atoms with Crippen LogP contribution in [-0.2, 0) is 4.74 Å². The van der Waals surface area contributed by atoms with Crippen molar-refractivity contribution >= 4 is 0 Å². The van der Waals surface area contributed by atoms with E-state index in [2.05, 4.69) is 15.7 Å². The zero-order valence-corrected chi connectivity index (χ0v) is 8.46. The fourth-order valence-electron chi connectivity index (χ4n) is 1.63. The van der Waals surface area contributed by atoms with Gasteiger partial charge in [0.1, 0.15) is 0 Å². The molecule has 1 rings (SSSR count). The second kappa shape index (κ2) is 6.09. The van der Waals surface area contributed by atoms with Crippen molar-refractivity contribution in [2.24, 2.45) is 0 Å². The first-order chi connectivity index (χ1) is 6.72. The van der Waals surface area contributed by atoms with Gasteiger partial charge in [0.15, 0.2) is 0 Å². The average molecular weight is 205 g/mol. The third-order valence-corrected chi connectivity index (χ3v) is 2.43. The van der Waals surface area contributed by atoms with Crippen LogP contribution in [0.15, 0.2) is 12.2 Å². The van der Waals surface area contributed by atoms with E-state index in [1.165, 1.54) is 0 Å². The molecule has 0 saturated carbocycles. The maximum Gasteiger partial charge on any atom is 0.345 e. The number of likely N-dealkylation sites (tertiary alicyclic amines) is 1. The zero-order chi connectivity index (χ0) is 10.4. The molecule has 0 spiro atoms. The van der Waals surface area contributed by atoms with E-state index in [0.717, 1.165) is 19.6 Å². The Balaban J connectivity index is 2.17. The molecule has 0 aromatic heterocycles. The summed E-state index contributed by atoms with van der Waals surface area (Å²) in [5, 5.41) is 0. The van der Waals surface area contributed by atoms with Gasteiger partial charge in [-0.25, -0.2) is 0 Å². The summed E-state index contributed by atoms with van der Waals surface area (Å²) < 4.78 is 28.2. The van der Waals surface area contributed by atoms with Gasteiger partial charge in [-0.05, 0) is 19.8 Å². The van der Waals surface area contributed by atoms with E-state index in [1.54, 1.807) is 0 Å². The van der Waals surface area contributed by atoms with Gasteiger partial charge in [0.05, 0.1) is 6.10 Å². The quantitative estimate of drug-likeness (QED) is 0.653. The minimum absolute atomic E-state index is 0.253. The second-order valence-corrected chi connectivity index (χ2v) is 3.47. The molecule has 1 aliphatic rings. The topological polar surface area (TPSA) is 12.5 Å². The summed E-state index contributed by atoms with van der Waals surface area (Å²) in [7, 11) is 0. The van der Waals surface area contributed by atoms with Gasteiger partial charge in [-0.3, -0.25) is 4.90 Å². The molecule has 14 heavy (non-hydrogen) atoms. The molecule has 0 bridgehead atoms. The second-order valence-electron chi connectivity index (χ2n) is 3.47. The summed E-state index contributed by atoms with van der Waals surface area (Å²) >= 11 is 0. The molecular formula is C10H17F2NO. The van der Waals surface area contributed by atoms with E-state index >= 15 is 0 Å². The van der Waals surface area contributed by atoms with Crippen LogP contribution in [-0.4, -0.2) is 37.2 Å². The Morgan fingerprint density at radius 3 is 2.57 bits per heavy atom. The van der Waals surface area contributed by atoms with Gasteiger partial charge < -0.3 is 4.74 Å². The minimum atomic E-state index is -2.62. The monoisotopic (exact) mass is 205 g/mol. The van der Waals surface area contributed by atoms with Gasteiger partial charge in [0.2, 0.25) is 0 Å². The molecule has 0 amide bonds. The largest absolute Gasteiger partial charge is 0.345 e. The van der Waals surface area contributed by atoms with Crippen molar-refractivity contribution in [1.82, 2.24) is 4.90 Å². The molecule has 2 nitrogen and oxygen atoms in total. The summed E-state index contributed by atoms with van der Waals surface area (Å²) in [5.41, 5.74) is 0. The first-order valence-corrected chi connectivity index (χ1v) is 4.99. The summed E-state index contributed by atoms with van der Waals surface area (Å²) in [5.74, 6) is 0. The highest BCUT2D eigenvalue weighted by Gasteiger charge is 2.21. The first kappa shape index (κ1) is 11.6. The molecule has 0 atom stereocenters. The van der Waals surface area contributed by atoms with E-state index in [4.69, 9.17) is 0 Å². The highest BCUT2D eigenvalue weighted by atomic mass is 19.3. The Morgan fingerprint density at radius 1 is 1.43 bits per heavy atom. The van der Waals surface area contributed by atoms with Crippen molar-refractivity contribution in [2.45, 2.75) is 32.5 Å². The van der Waals surface area contributed by atoms with Crippen LogP contribution in [0.4, 0.5) is 8.78 Å². The van der Waals surface area contributed by atoms with Crippen molar-refractivity contribution < 1.29 is 13.5 Å². The van der Waals surface area contributed by atoms with E-state index in [-0.39, 0.29) is 6.10 Å². The van der Waals surface area contributed by atoms with Gasteiger partial charge in [-0.2, -0.15) is 8.78 Å². The molecule has 1 fully saturated rings. The van der Waals surface area contributed by atoms with Crippen LogP contribution < -0.4 is 0 Å². The molecule has 1 aliphatic heterocycles. The van der Waals surface area contributed by atoms with Crippen LogP contribution in [0.5, 0.6) is 0 Å². The number of hydrogen-bond donors (Lipinski definition) is 0. The lowest BCUT2D eigenvalue weighted by molar-refractivity contribution is -0.172. The van der Waals surface area contributed by atoms with Crippen LogP contribution in [0.3, 0.4) is 0 Å². The summed E-state index contributed by atoms with van der Waals surface area (Å²) in [4.78, 5) is 2.24. The highest BCUT2D eigenvalue weighted by Crippen LogP contribution is 2.15. The molecule has 0 aromatic carbocycles. The van der Waals surface area contributed by atoms with Crippen LogP contribution in [0.25, 0.3) is 0 Å². The standard InChI is InChI=1S/C10H17F2NO/c1-2-3-6-13-7-4-9(5-8-13)14-10(11)12/h2-3,9-10H,4-8H2,1H3/b3-2+. The van der Waals surface area contributed by atoms with Crippen molar-refractivity contribution in [3.8, 4) is 0 Å². The van der Waals surface area contributed by atoms with Gasteiger partial charge in [0.25, 0.3) is 0 Å². The lowest BCUT2D eigenvalue weighted by atomic mass is 10.1. The third kappa shape index (κ3) is 4.15. The average Bonchev–Trinajstić information content (AvgIpc) is 2.16. The number of piperidine rings is 1. The maximum atomic E-state index is 11.9. The Kier molecular flexibility index (Phi) is 5.04. The van der Waals surface area contributed by atoms with Crippen molar-refractivity contribution in [2.75, 3.05) is 19.6 Å². The Hall–Kier alpha value is -0.480. The predicted octanol–water partition coefficient (Wildman–Crippen LogP) is 2.27. The maximum absolute atomic E-state index is 11.9. The van der Waals surface area contributed by atoms with Gasteiger partial charge >= 0.3 is 6.61 Å². The SMILES string of the molecule is C/C=C/CN1CCC(OC(F)F)CC1. The summed E-state index contributed by atoms with van der Waals surface area (Å²) in [6.45, 7) is 1.97. The van der Waals surface area contributed by atoms with E-state index in [0.29, 0.717) is 12.8 Å². The third-order valence-electron chi connectivity index (χ3n) is 2.43.